The Kier molecular flexibility index (Phi) is 7.64. The first-order valence-corrected chi connectivity index (χ1v) is 12.3. The number of benzene rings is 2. The molecule has 0 atom stereocenters. The predicted octanol–water partition coefficient (Wildman–Crippen LogP) is 2.72. The van der Waals surface area contributed by atoms with E-state index >= 15 is 0 Å². The van der Waals surface area contributed by atoms with E-state index in [1.54, 1.807) is 32.9 Å². The lowest BCUT2D eigenvalue weighted by atomic mass is 10.1. The van der Waals surface area contributed by atoms with E-state index in [0.717, 1.165) is 0 Å². The smallest absolute Gasteiger partial charge is 0.241 e. The van der Waals surface area contributed by atoms with Gasteiger partial charge in [0.1, 0.15) is 0 Å². The van der Waals surface area contributed by atoms with Crippen LogP contribution in [0.3, 0.4) is 0 Å². The molecule has 0 fully saturated rings. The first kappa shape index (κ1) is 24.3. The molecule has 0 aliphatic rings. The number of carbonyl (C=O) groups excluding carboxylic acids is 1. The van der Waals surface area contributed by atoms with Gasteiger partial charge in [0.15, 0.2) is 0 Å². The van der Waals surface area contributed by atoms with Crippen molar-refractivity contribution in [2.45, 2.75) is 42.5 Å². The lowest BCUT2D eigenvalue weighted by Gasteiger charge is -2.20. The molecule has 0 bridgehead atoms. The van der Waals surface area contributed by atoms with E-state index in [0.29, 0.717) is 0 Å². The van der Waals surface area contributed by atoms with Crippen molar-refractivity contribution < 1.29 is 21.6 Å². The number of hydrogen-bond acceptors (Lipinski definition) is 5. The van der Waals surface area contributed by atoms with Crippen LogP contribution in [0.2, 0.25) is 5.02 Å². The van der Waals surface area contributed by atoms with Crippen LogP contribution in [0.1, 0.15) is 27.2 Å². The molecule has 0 unspecified atom stereocenters. The zero-order valence-corrected chi connectivity index (χ0v) is 19.2. The van der Waals surface area contributed by atoms with Gasteiger partial charge >= 0.3 is 0 Å². The Balaban J connectivity index is 1.97. The van der Waals surface area contributed by atoms with Gasteiger partial charge in [0.05, 0.1) is 9.79 Å². The molecule has 0 aromatic heterocycles. The highest BCUT2D eigenvalue weighted by Gasteiger charge is 2.22. The fourth-order valence-electron chi connectivity index (χ4n) is 2.44. The Morgan fingerprint density at radius 1 is 0.933 bits per heavy atom. The van der Waals surface area contributed by atoms with E-state index in [4.69, 9.17) is 11.6 Å². The summed E-state index contributed by atoms with van der Waals surface area (Å²) in [4.78, 5) is 12.2. The van der Waals surface area contributed by atoms with Gasteiger partial charge in [-0.25, -0.2) is 26.3 Å². The topological polar surface area (TPSA) is 121 Å². The van der Waals surface area contributed by atoms with Crippen LogP contribution in [0.5, 0.6) is 0 Å². The van der Waals surface area contributed by atoms with Gasteiger partial charge in [0.25, 0.3) is 0 Å². The van der Waals surface area contributed by atoms with Gasteiger partial charge in [-0.3, -0.25) is 4.79 Å². The summed E-state index contributed by atoms with van der Waals surface area (Å²) in [6.07, 6.45) is -0.142. The van der Waals surface area contributed by atoms with Crippen LogP contribution in [-0.2, 0) is 24.8 Å². The van der Waals surface area contributed by atoms with E-state index < -0.39 is 31.5 Å². The molecule has 0 aliphatic carbocycles. The monoisotopic (exact) mass is 473 g/mol. The number of hydrogen-bond donors (Lipinski definition) is 3. The Hall–Kier alpha value is -1.98. The summed E-state index contributed by atoms with van der Waals surface area (Å²) in [6, 6.07) is 11.6. The molecule has 0 radical (unpaired) electrons. The van der Waals surface area contributed by atoms with Crippen molar-refractivity contribution in [2.75, 3.05) is 11.9 Å². The maximum atomic E-state index is 12.4. The van der Waals surface area contributed by atoms with Crippen molar-refractivity contribution in [3.63, 3.8) is 0 Å². The first-order chi connectivity index (χ1) is 13.8. The van der Waals surface area contributed by atoms with Crippen molar-refractivity contribution in [1.29, 1.82) is 0 Å². The maximum absolute atomic E-state index is 12.4. The third-order valence-electron chi connectivity index (χ3n) is 3.62. The summed E-state index contributed by atoms with van der Waals surface area (Å²) < 4.78 is 54.1. The Morgan fingerprint density at radius 3 is 2.13 bits per heavy atom. The minimum atomic E-state index is -3.80. The first-order valence-electron chi connectivity index (χ1n) is 8.98. The average molecular weight is 474 g/mol. The molecule has 0 saturated carbocycles. The number of halogens is 1. The molecule has 164 valence electrons. The molecule has 0 saturated heterocycles. The van der Waals surface area contributed by atoms with E-state index in [1.807, 2.05) is 0 Å². The lowest BCUT2D eigenvalue weighted by Crippen LogP contribution is -2.40. The molecule has 3 N–H and O–H groups in total. The van der Waals surface area contributed by atoms with Crippen LogP contribution in [0.25, 0.3) is 0 Å². The Morgan fingerprint density at radius 2 is 1.53 bits per heavy atom. The number of rotatable bonds is 8. The highest BCUT2D eigenvalue weighted by molar-refractivity contribution is 7.89. The zero-order chi connectivity index (χ0) is 22.6. The van der Waals surface area contributed by atoms with Gasteiger partial charge in [0, 0.05) is 29.2 Å². The molecule has 1 amide bonds. The third kappa shape index (κ3) is 7.37. The second-order valence-corrected chi connectivity index (χ2v) is 11.4. The van der Waals surface area contributed by atoms with Gasteiger partial charge < -0.3 is 5.32 Å². The lowest BCUT2D eigenvalue weighted by molar-refractivity contribution is -0.116. The van der Waals surface area contributed by atoms with Crippen LogP contribution in [0.4, 0.5) is 5.69 Å². The number of sulfonamides is 2. The molecular formula is C19H24ClN3O5S2. The van der Waals surface area contributed by atoms with Crippen LogP contribution >= 0.6 is 11.6 Å². The number of amides is 1. The molecule has 2 aromatic rings. The van der Waals surface area contributed by atoms with Crippen molar-refractivity contribution in [3.8, 4) is 0 Å². The number of carbonyl (C=O) groups is 1. The summed E-state index contributed by atoms with van der Waals surface area (Å²) in [5.74, 6) is -0.470. The van der Waals surface area contributed by atoms with E-state index in [-0.39, 0.29) is 33.5 Å². The highest BCUT2D eigenvalue weighted by Crippen LogP contribution is 2.18. The van der Waals surface area contributed by atoms with Crippen LogP contribution in [-0.4, -0.2) is 34.8 Å². The SMILES string of the molecule is CC(C)(C)NS(=O)(=O)c1cccc(NC(=O)CCNS(=O)(=O)c2cccc(Cl)c2)c1. The average Bonchev–Trinajstić information content (AvgIpc) is 2.60. The van der Waals surface area contributed by atoms with Crippen molar-refractivity contribution in [3.05, 3.63) is 53.6 Å². The molecule has 2 rings (SSSR count). The summed E-state index contributed by atoms with van der Waals surface area (Å²) in [6.45, 7) is 5.03. The second-order valence-electron chi connectivity index (χ2n) is 7.54. The van der Waals surface area contributed by atoms with Gasteiger partial charge in [0.2, 0.25) is 26.0 Å². The van der Waals surface area contributed by atoms with Crippen LogP contribution < -0.4 is 14.8 Å². The molecule has 30 heavy (non-hydrogen) atoms. The zero-order valence-electron chi connectivity index (χ0n) is 16.8. The van der Waals surface area contributed by atoms with E-state index in [1.165, 1.54) is 36.4 Å². The Bertz CT molecular complexity index is 1130. The number of anilines is 1. The number of nitrogens with one attached hydrogen (secondary N) is 3. The fourth-order valence-corrected chi connectivity index (χ4v) is 5.24. The standard InChI is InChI=1S/C19H24ClN3O5S2/c1-19(2,3)23-30(27,28)17-9-5-7-15(13-17)22-18(24)10-11-21-29(25,26)16-8-4-6-14(20)12-16/h4-9,12-13,21,23H,10-11H2,1-3H3,(H,22,24). The minimum absolute atomic E-state index is 0.000311. The predicted molar refractivity (Wildman–Crippen MR) is 116 cm³/mol. The van der Waals surface area contributed by atoms with Gasteiger partial charge in [-0.2, -0.15) is 0 Å². The summed E-state index contributed by atoms with van der Waals surface area (Å²) in [5.41, 5.74) is -0.368. The largest absolute Gasteiger partial charge is 0.326 e. The van der Waals surface area contributed by atoms with Gasteiger partial charge in [-0.05, 0) is 57.2 Å². The van der Waals surface area contributed by atoms with Gasteiger partial charge in [-0.1, -0.05) is 23.7 Å². The third-order valence-corrected chi connectivity index (χ3v) is 7.07. The van der Waals surface area contributed by atoms with Crippen LogP contribution in [0, 0.1) is 0 Å². The van der Waals surface area contributed by atoms with E-state index in [2.05, 4.69) is 14.8 Å². The summed E-state index contributed by atoms with van der Waals surface area (Å²) >= 11 is 5.80. The normalized spacial score (nSPS) is 12.5. The highest BCUT2D eigenvalue weighted by atomic mass is 35.5. The quantitative estimate of drug-likeness (QED) is 0.544. The van der Waals surface area contributed by atoms with Crippen molar-refractivity contribution in [2.24, 2.45) is 0 Å². The summed E-state index contributed by atoms with van der Waals surface area (Å²) in [5, 5.41) is 2.85. The fraction of sp³-hybridized carbons (Fsp3) is 0.316. The maximum Gasteiger partial charge on any atom is 0.241 e. The molecular weight excluding hydrogens is 450 g/mol. The Labute approximate surface area is 182 Å². The summed E-state index contributed by atoms with van der Waals surface area (Å²) in [7, 11) is -7.55. The van der Waals surface area contributed by atoms with E-state index in [9.17, 15) is 21.6 Å². The van der Waals surface area contributed by atoms with Crippen LogP contribution in [0.15, 0.2) is 58.3 Å². The molecule has 11 heteroatoms. The molecule has 2 aromatic carbocycles. The molecule has 0 aliphatic heterocycles. The molecule has 0 heterocycles. The minimum Gasteiger partial charge on any atom is -0.326 e. The van der Waals surface area contributed by atoms with Gasteiger partial charge in [-0.15, -0.1) is 0 Å². The van der Waals surface area contributed by atoms with Crippen molar-refractivity contribution in [1.82, 2.24) is 9.44 Å². The molecule has 0 spiro atoms. The second kappa shape index (κ2) is 9.44. The molecule has 8 nitrogen and oxygen atoms in total. The van der Waals surface area contributed by atoms with Crippen molar-refractivity contribution >= 4 is 43.2 Å².